The van der Waals surface area contributed by atoms with Gasteiger partial charge in [-0.3, -0.25) is 0 Å². The fourth-order valence-electron chi connectivity index (χ4n) is 4.09. The van der Waals surface area contributed by atoms with E-state index < -0.39 is 5.60 Å². The summed E-state index contributed by atoms with van der Waals surface area (Å²) in [6.07, 6.45) is 2.62. The van der Waals surface area contributed by atoms with Crippen molar-refractivity contribution in [2.75, 3.05) is 26.2 Å². The van der Waals surface area contributed by atoms with Crippen LogP contribution in [0.25, 0.3) is 0 Å². The van der Waals surface area contributed by atoms with E-state index in [2.05, 4.69) is 25.7 Å². The molecule has 176 valence electrons. The molecule has 3 aromatic rings. The predicted molar refractivity (Wildman–Crippen MR) is 138 cm³/mol. The van der Waals surface area contributed by atoms with Crippen molar-refractivity contribution in [2.45, 2.75) is 45.6 Å². The SMILES string of the molecule is CCN(CC)CCCCOc1ccc(C(O)(Cc2ccc(Cl)cc2)c2ccc(C)cc2)cc1. The fourth-order valence-corrected chi connectivity index (χ4v) is 4.22. The van der Waals surface area contributed by atoms with Crippen LogP contribution in [0.4, 0.5) is 0 Å². The minimum Gasteiger partial charge on any atom is -0.494 e. The lowest BCUT2D eigenvalue weighted by Gasteiger charge is -2.30. The molecule has 4 heteroatoms. The number of benzene rings is 3. The number of aryl methyl sites for hydroxylation is 1. The first-order chi connectivity index (χ1) is 15.9. The van der Waals surface area contributed by atoms with Gasteiger partial charge in [0.15, 0.2) is 0 Å². The summed E-state index contributed by atoms with van der Waals surface area (Å²) in [4.78, 5) is 2.43. The molecule has 0 aliphatic heterocycles. The van der Waals surface area contributed by atoms with Gasteiger partial charge in [-0.05, 0) is 80.4 Å². The Morgan fingerprint density at radius 3 is 1.97 bits per heavy atom. The molecule has 0 saturated carbocycles. The van der Waals surface area contributed by atoms with E-state index in [1.807, 2.05) is 72.8 Å². The molecule has 0 bridgehead atoms. The van der Waals surface area contributed by atoms with Crippen molar-refractivity contribution in [3.8, 4) is 5.75 Å². The Balaban J connectivity index is 1.71. The summed E-state index contributed by atoms with van der Waals surface area (Å²) in [6, 6.07) is 23.6. The third-order valence-corrected chi connectivity index (χ3v) is 6.52. The van der Waals surface area contributed by atoms with Gasteiger partial charge < -0.3 is 14.7 Å². The Hall–Kier alpha value is -2.33. The lowest BCUT2D eigenvalue weighted by atomic mass is 9.81. The zero-order valence-corrected chi connectivity index (χ0v) is 20.8. The molecular weight excluding hydrogens is 430 g/mol. The first kappa shape index (κ1) is 25.3. The smallest absolute Gasteiger partial charge is 0.119 e. The maximum absolute atomic E-state index is 11.9. The number of unbranched alkanes of at least 4 members (excludes halogenated alkanes) is 1. The van der Waals surface area contributed by atoms with Gasteiger partial charge >= 0.3 is 0 Å². The van der Waals surface area contributed by atoms with Gasteiger partial charge in [-0.2, -0.15) is 0 Å². The van der Waals surface area contributed by atoms with Gasteiger partial charge in [-0.15, -0.1) is 0 Å². The number of hydrogen-bond acceptors (Lipinski definition) is 3. The maximum Gasteiger partial charge on any atom is 0.119 e. The first-order valence-corrected chi connectivity index (χ1v) is 12.3. The van der Waals surface area contributed by atoms with Crippen LogP contribution in [0.2, 0.25) is 5.02 Å². The van der Waals surface area contributed by atoms with E-state index in [9.17, 15) is 5.11 Å². The molecule has 3 rings (SSSR count). The van der Waals surface area contributed by atoms with Crippen LogP contribution in [-0.4, -0.2) is 36.2 Å². The molecule has 0 amide bonds. The third-order valence-electron chi connectivity index (χ3n) is 6.27. The van der Waals surface area contributed by atoms with Crippen molar-refractivity contribution in [1.82, 2.24) is 4.90 Å². The van der Waals surface area contributed by atoms with Gasteiger partial charge in [-0.1, -0.05) is 79.5 Å². The minimum absolute atomic E-state index is 0.457. The molecule has 0 fully saturated rings. The molecule has 0 aromatic heterocycles. The second kappa shape index (κ2) is 12.2. The number of halogens is 1. The van der Waals surface area contributed by atoms with E-state index >= 15 is 0 Å². The molecule has 0 spiro atoms. The summed E-state index contributed by atoms with van der Waals surface area (Å²) >= 11 is 6.06. The van der Waals surface area contributed by atoms with E-state index in [4.69, 9.17) is 16.3 Å². The highest BCUT2D eigenvalue weighted by Gasteiger charge is 2.32. The van der Waals surface area contributed by atoms with Crippen molar-refractivity contribution in [3.05, 3.63) is 100 Å². The molecule has 1 N–H and O–H groups in total. The van der Waals surface area contributed by atoms with Crippen LogP contribution in [0.15, 0.2) is 72.8 Å². The second-order valence-corrected chi connectivity index (χ2v) is 9.07. The minimum atomic E-state index is -1.15. The summed E-state index contributed by atoms with van der Waals surface area (Å²) in [5.41, 5.74) is 2.75. The molecule has 1 unspecified atom stereocenters. The lowest BCUT2D eigenvalue weighted by molar-refractivity contribution is 0.0810. The Morgan fingerprint density at radius 1 is 0.818 bits per heavy atom. The van der Waals surface area contributed by atoms with Gasteiger partial charge in [0.05, 0.1) is 6.61 Å². The standard InChI is InChI=1S/C29H36ClNO2/c1-4-31(5-2)20-6-7-21-33-28-18-14-26(15-19-28)29(32,25-12-8-23(3)9-13-25)22-24-10-16-27(30)17-11-24/h8-19,32H,4-7,20-22H2,1-3H3. The maximum atomic E-state index is 11.9. The lowest BCUT2D eigenvalue weighted by Crippen LogP contribution is -2.30. The zero-order valence-electron chi connectivity index (χ0n) is 20.1. The van der Waals surface area contributed by atoms with Crippen LogP contribution in [0, 0.1) is 6.92 Å². The molecule has 0 saturated heterocycles. The molecular formula is C29H36ClNO2. The second-order valence-electron chi connectivity index (χ2n) is 8.64. The van der Waals surface area contributed by atoms with Crippen molar-refractivity contribution < 1.29 is 9.84 Å². The van der Waals surface area contributed by atoms with E-state index in [1.165, 1.54) is 0 Å². The summed E-state index contributed by atoms with van der Waals surface area (Å²) in [5.74, 6) is 0.833. The summed E-state index contributed by atoms with van der Waals surface area (Å²) < 4.78 is 5.96. The van der Waals surface area contributed by atoms with Gasteiger partial charge in [0.25, 0.3) is 0 Å². The van der Waals surface area contributed by atoms with Gasteiger partial charge in [0.2, 0.25) is 0 Å². The normalized spacial score (nSPS) is 13.2. The van der Waals surface area contributed by atoms with Crippen LogP contribution in [0.1, 0.15) is 48.9 Å². The fraction of sp³-hybridized carbons (Fsp3) is 0.379. The molecule has 0 radical (unpaired) electrons. The van der Waals surface area contributed by atoms with E-state index in [0.29, 0.717) is 18.1 Å². The van der Waals surface area contributed by atoms with Crippen molar-refractivity contribution >= 4 is 11.6 Å². The summed E-state index contributed by atoms with van der Waals surface area (Å²) in [7, 11) is 0. The average Bonchev–Trinajstić information content (AvgIpc) is 2.83. The molecule has 0 aliphatic rings. The summed E-state index contributed by atoms with van der Waals surface area (Å²) in [6.45, 7) is 10.5. The largest absolute Gasteiger partial charge is 0.494 e. The third kappa shape index (κ3) is 7.07. The molecule has 1 atom stereocenters. The zero-order chi connectivity index (χ0) is 23.7. The number of aliphatic hydroxyl groups is 1. The van der Waals surface area contributed by atoms with Crippen molar-refractivity contribution in [3.63, 3.8) is 0 Å². The monoisotopic (exact) mass is 465 g/mol. The number of ether oxygens (including phenoxy) is 1. The Morgan fingerprint density at radius 2 is 1.39 bits per heavy atom. The van der Waals surface area contributed by atoms with Crippen LogP contribution in [-0.2, 0) is 12.0 Å². The summed E-state index contributed by atoms with van der Waals surface area (Å²) in [5, 5.41) is 12.6. The quantitative estimate of drug-likeness (QED) is 0.305. The van der Waals surface area contributed by atoms with E-state index in [0.717, 1.165) is 60.5 Å². The van der Waals surface area contributed by atoms with Crippen LogP contribution in [0.5, 0.6) is 5.75 Å². The average molecular weight is 466 g/mol. The molecule has 0 heterocycles. The predicted octanol–water partition coefficient (Wildman–Crippen LogP) is 6.63. The van der Waals surface area contributed by atoms with Gasteiger partial charge in [-0.25, -0.2) is 0 Å². The van der Waals surface area contributed by atoms with Crippen molar-refractivity contribution in [2.24, 2.45) is 0 Å². The Kier molecular flexibility index (Phi) is 9.37. The highest BCUT2D eigenvalue weighted by atomic mass is 35.5. The topological polar surface area (TPSA) is 32.7 Å². The van der Waals surface area contributed by atoms with Crippen LogP contribution >= 0.6 is 11.6 Å². The number of rotatable bonds is 12. The van der Waals surface area contributed by atoms with Crippen molar-refractivity contribution in [1.29, 1.82) is 0 Å². The Labute approximate surface area is 204 Å². The molecule has 3 nitrogen and oxygen atoms in total. The van der Waals surface area contributed by atoms with Crippen LogP contribution in [0.3, 0.4) is 0 Å². The number of nitrogens with zero attached hydrogens (tertiary/aromatic N) is 1. The van der Waals surface area contributed by atoms with Crippen LogP contribution < -0.4 is 4.74 Å². The van der Waals surface area contributed by atoms with Gasteiger partial charge in [0, 0.05) is 11.4 Å². The highest BCUT2D eigenvalue weighted by Crippen LogP contribution is 2.34. The molecule has 0 aliphatic carbocycles. The first-order valence-electron chi connectivity index (χ1n) is 11.9. The highest BCUT2D eigenvalue weighted by molar-refractivity contribution is 6.30. The number of hydrogen-bond donors (Lipinski definition) is 1. The Bertz CT molecular complexity index is 966. The van der Waals surface area contributed by atoms with Gasteiger partial charge in [0.1, 0.15) is 11.4 Å². The van der Waals surface area contributed by atoms with E-state index in [-0.39, 0.29) is 0 Å². The molecule has 33 heavy (non-hydrogen) atoms. The van der Waals surface area contributed by atoms with E-state index in [1.54, 1.807) is 0 Å². The molecule has 3 aromatic carbocycles.